The Hall–Kier alpha value is -0.320. The van der Waals surface area contributed by atoms with Gasteiger partial charge in [-0.05, 0) is 19.3 Å². The van der Waals surface area contributed by atoms with Gasteiger partial charge in [-0.2, -0.15) is 0 Å². The Bertz CT molecular complexity index is 355. The Balaban J connectivity index is 5.46. The van der Waals surface area contributed by atoms with Gasteiger partial charge in [-0.15, -0.1) is 0 Å². The van der Waals surface area contributed by atoms with E-state index in [-0.39, 0.29) is 4.48 Å². The molecule has 8 nitrogen and oxygen atoms in total. The van der Waals surface area contributed by atoms with Crippen molar-refractivity contribution < 1.29 is 30.0 Å². The van der Waals surface area contributed by atoms with E-state index in [4.69, 9.17) is 0 Å². The van der Waals surface area contributed by atoms with E-state index in [0.29, 0.717) is 58.3 Å². The van der Waals surface area contributed by atoms with Gasteiger partial charge >= 0.3 is 0 Å². The van der Waals surface area contributed by atoms with Crippen molar-refractivity contribution in [2.24, 2.45) is 0 Å². The highest BCUT2D eigenvalue weighted by molar-refractivity contribution is 4.66. The molecule has 0 aromatic heterocycles. The molecule has 0 heterocycles. The molecule has 0 saturated carbocycles. The van der Waals surface area contributed by atoms with Gasteiger partial charge in [-0.25, -0.2) is 4.90 Å². The number of nitrogens with zero attached hydrogens (tertiary/aromatic N) is 2. The number of aliphatic hydroxyl groups excluding tert-OH is 5. The molecule has 5 unspecified atom stereocenters. The minimum Gasteiger partial charge on any atom is -0.379 e. The molecule has 0 bridgehead atoms. The maximum Gasteiger partial charge on any atom is 0.192 e. The van der Waals surface area contributed by atoms with E-state index in [1.54, 1.807) is 4.90 Å². The first kappa shape index (κ1) is 26.7. The molecule has 0 aliphatic carbocycles. The highest BCUT2D eigenvalue weighted by Gasteiger charge is 2.41. The highest BCUT2D eigenvalue weighted by Crippen LogP contribution is 2.22. The average molecular weight is 395 g/mol. The topological polar surface area (TPSA) is 116 Å². The molecule has 0 rings (SSSR count). The van der Waals surface area contributed by atoms with E-state index in [2.05, 4.69) is 5.32 Å². The molecule has 6 N–H and O–H groups in total. The van der Waals surface area contributed by atoms with Gasteiger partial charge in [-0.3, -0.25) is 9.80 Å². The van der Waals surface area contributed by atoms with E-state index in [0.717, 1.165) is 0 Å². The molecule has 8 heteroatoms. The minimum atomic E-state index is -0.778. The van der Waals surface area contributed by atoms with Crippen LogP contribution in [0.5, 0.6) is 0 Å². The van der Waals surface area contributed by atoms with Crippen LogP contribution in [0.25, 0.3) is 0 Å². The lowest BCUT2D eigenvalue weighted by Gasteiger charge is -2.47. The molecule has 0 radical (unpaired) electrons. The van der Waals surface area contributed by atoms with Crippen molar-refractivity contribution in [2.75, 3.05) is 26.2 Å². The van der Waals surface area contributed by atoms with E-state index >= 15 is 0 Å². The standard InChI is InChI=1S/C19H44N3O5/c1-6-15(23)20-11-13-22(18(26)9-4,19(27)10-5)14-12-21(16(24)7-2)17(25)8-3/h15-20,23-27H,6-14H2,1-5H3/q+1. The molecule has 0 fully saturated rings. The monoisotopic (exact) mass is 394 g/mol. The predicted octanol–water partition coefficient (Wildman–Crippen LogP) is 0.337. The Labute approximate surface area is 165 Å². The zero-order valence-electron chi connectivity index (χ0n) is 17.9. The summed E-state index contributed by atoms with van der Waals surface area (Å²) in [5, 5.41) is 54.9. The predicted molar refractivity (Wildman–Crippen MR) is 106 cm³/mol. The molecule has 0 aromatic carbocycles. The molecular formula is C19H44N3O5+. The van der Waals surface area contributed by atoms with Crippen molar-refractivity contribution in [1.29, 1.82) is 0 Å². The summed E-state index contributed by atoms with van der Waals surface area (Å²) >= 11 is 0. The summed E-state index contributed by atoms with van der Waals surface area (Å²) in [6.45, 7) is 10.9. The SMILES string of the molecule is CCC(O)NCC[N+](CCN(C(O)CC)C(O)CC)(C(O)CC)C(O)CC. The molecular weight excluding hydrogens is 350 g/mol. The van der Waals surface area contributed by atoms with Crippen LogP contribution in [0.2, 0.25) is 0 Å². The third-order valence-corrected chi connectivity index (χ3v) is 5.48. The van der Waals surface area contributed by atoms with Crippen molar-refractivity contribution in [3.05, 3.63) is 0 Å². The molecule has 0 spiro atoms. The van der Waals surface area contributed by atoms with Crippen LogP contribution in [0.1, 0.15) is 66.7 Å². The molecule has 0 aliphatic heterocycles. The fraction of sp³-hybridized carbons (Fsp3) is 1.00. The van der Waals surface area contributed by atoms with Gasteiger partial charge in [0, 0.05) is 19.4 Å². The Morgan fingerprint density at radius 3 is 1.56 bits per heavy atom. The number of rotatable bonds is 16. The van der Waals surface area contributed by atoms with Crippen LogP contribution in [0.15, 0.2) is 0 Å². The van der Waals surface area contributed by atoms with Crippen molar-refractivity contribution in [3.8, 4) is 0 Å². The molecule has 164 valence electrons. The number of nitrogens with one attached hydrogen (secondary N) is 1. The number of aliphatic hydroxyl groups is 5. The van der Waals surface area contributed by atoms with Gasteiger partial charge in [0.25, 0.3) is 0 Å². The van der Waals surface area contributed by atoms with Gasteiger partial charge in [0.2, 0.25) is 0 Å². The maximum absolute atomic E-state index is 10.8. The summed E-state index contributed by atoms with van der Waals surface area (Å²) in [6, 6.07) is 0. The normalized spacial score (nSPS) is 20.1. The smallest absolute Gasteiger partial charge is 0.192 e. The molecule has 0 aliphatic rings. The maximum atomic E-state index is 10.8. The first-order valence-corrected chi connectivity index (χ1v) is 10.5. The summed E-state index contributed by atoms with van der Waals surface area (Å²) in [5.74, 6) is 0. The third-order valence-electron chi connectivity index (χ3n) is 5.48. The molecule has 27 heavy (non-hydrogen) atoms. The fourth-order valence-electron chi connectivity index (χ4n) is 3.48. The van der Waals surface area contributed by atoms with Gasteiger partial charge in [0.05, 0.1) is 19.6 Å². The summed E-state index contributed by atoms with van der Waals surface area (Å²) in [5.41, 5.74) is 0. The second-order valence-electron chi connectivity index (χ2n) is 7.22. The van der Waals surface area contributed by atoms with Gasteiger partial charge in [0.1, 0.15) is 18.7 Å². The lowest BCUT2D eigenvalue weighted by molar-refractivity contribution is -1.01. The summed E-state index contributed by atoms with van der Waals surface area (Å²) < 4.78 is 0.0415. The zero-order chi connectivity index (χ0) is 21.0. The summed E-state index contributed by atoms with van der Waals surface area (Å²) in [6.07, 6.45) is -1.25. The Morgan fingerprint density at radius 2 is 1.19 bits per heavy atom. The molecule has 0 saturated heterocycles. The minimum absolute atomic E-state index is 0.0415. The summed E-state index contributed by atoms with van der Waals surface area (Å²) in [7, 11) is 0. The summed E-state index contributed by atoms with van der Waals surface area (Å²) in [4.78, 5) is 1.62. The Morgan fingerprint density at radius 1 is 0.704 bits per heavy atom. The Kier molecular flexibility index (Phi) is 13.6. The van der Waals surface area contributed by atoms with Crippen LogP contribution in [0, 0.1) is 0 Å². The van der Waals surface area contributed by atoms with Crippen LogP contribution < -0.4 is 5.32 Å². The quantitative estimate of drug-likeness (QED) is 0.165. The van der Waals surface area contributed by atoms with Crippen molar-refractivity contribution in [1.82, 2.24) is 10.2 Å². The number of hydrogen-bond acceptors (Lipinski definition) is 7. The fourth-order valence-corrected chi connectivity index (χ4v) is 3.48. The van der Waals surface area contributed by atoms with Crippen LogP contribution in [-0.2, 0) is 0 Å². The van der Waals surface area contributed by atoms with E-state index < -0.39 is 31.1 Å². The van der Waals surface area contributed by atoms with Crippen LogP contribution in [0.4, 0.5) is 0 Å². The van der Waals surface area contributed by atoms with Crippen LogP contribution >= 0.6 is 0 Å². The number of hydrogen-bond donors (Lipinski definition) is 6. The molecule has 0 aromatic rings. The molecule has 0 amide bonds. The zero-order valence-corrected chi connectivity index (χ0v) is 17.9. The average Bonchev–Trinajstić information content (AvgIpc) is 2.70. The lowest BCUT2D eigenvalue weighted by atomic mass is 10.1. The second kappa shape index (κ2) is 13.8. The van der Waals surface area contributed by atoms with Crippen molar-refractivity contribution in [3.63, 3.8) is 0 Å². The van der Waals surface area contributed by atoms with Gasteiger partial charge in [-0.1, -0.05) is 34.6 Å². The first-order chi connectivity index (χ1) is 12.7. The first-order valence-electron chi connectivity index (χ1n) is 10.5. The third kappa shape index (κ3) is 7.91. The van der Waals surface area contributed by atoms with E-state index in [9.17, 15) is 25.5 Å². The number of quaternary nitrogens is 1. The van der Waals surface area contributed by atoms with Gasteiger partial charge < -0.3 is 25.5 Å². The lowest BCUT2D eigenvalue weighted by Crippen LogP contribution is -2.66. The molecule has 5 atom stereocenters. The van der Waals surface area contributed by atoms with Crippen molar-refractivity contribution >= 4 is 0 Å². The van der Waals surface area contributed by atoms with Crippen molar-refractivity contribution in [2.45, 2.75) is 97.9 Å². The van der Waals surface area contributed by atoms with E-state index in [1.165, 1.54) is 0 Å². The second-order valence-corrected chi connectivity index (χ2v) is 7.22. The van der Waals surface area contributed by atoms with E-state index in [1.807, 2.05) is 34.6 Å². The largest absolute Gasteiger partial charge is 0.379 e. The van der Waals surface area contributed by atoms with Gasteiger partial charge in [0.15, 0.2) is 12.5 Å². The van der Waals surface area contributed by atoms with Crippen LogP contribution in [0.3, 0.4) is 0 Å². The van der Waals surface area contributed by atoms with Crippen LogP contribution in [-0.4, -0.2) is 92.2 Å². The highest BCUT2D eigenvalue weighted by atomic mass is 16.3.